The molecule has 1 saturated heterocycles. The third-order valence-electron chi connectivity index (χ3n) is 4.70. The van der Waals surface area contributed by atoms with E-state index in [4.69, 9.17) is 0 Å². The summed E-state index contributed by atoms with van der Waals surface area (Å²) in [7, 11) is 0. The van der Waals surface area contributed by atoms with Gasteiger partial charge in [0.1, 0.15) is 5.82 Å². The highest BCUT2D eigenvalue weighted by Crippen LogP contribution is 2.22. The van der Waals surface area contributed by atoms with Gasteiger partial charge in [-0.15, -0.1) is 0 Å². The van der Waals surface area contributed by atoms with Gasteiger partial charge in [0.25, 0.3) is 0 Å². The Morgan fingerprint density at radius 2 is 1.87 bits per heavy atom. The molecule has 0 saturated carbocycles. The van der Waals surface area contributed by atoms with Crippen molar-refractivity contribution < 1.29 is 9.18 Å². The van der Waals surface area contributed by atoms with Gasteiger partial charge in [0.15, 0.2) is 0 Å². The molecule has 1 amide bonds. The van der Waals surface area contributed by atoms with Crippen LogP contribution in [-0.2, 0) is 4.79 Å². The molecule has 2 atom stereocenters. The van der Waals surface area contributed by atoms with E-state index < -0.39 is 0 Å². The lowest BCUT2D eigenvalue weighted by Gasteiger charge is -2.40. The number of rotatable bonds is 6. The van der Waals surface area contributed by atoms with Crippen molar-refractivity contribution in [2.45, 2.75) is 39.3 Å². The summed E-state index contributed by atoms with van der Waals surface area (Å²) in [4.78, 5) is 16.6. The third-order valence-corrected chi connectivity index (χ3v) is 4.70. The van der Waals surface area contributed by atoms with E-state index >= 15 is 0 Å². The van der Waals surface area contributed by atoms with E-state index in [9.17, 15) is 9.18 Å². The Kier molecular flexibility index (Phi) is 6.54. The van der Waals surface area contributed by atoms with Crippen LogP contribution in [0.5, 0.6) is 0 Å². The Labute approximate surface area is 138 Å². The molecule has 5 heteroatoms. The summed E-state index contributed by atoms with van der Waals surface area (Å²) < 4.78 is 13.4. The van der Waals surface area contributed by atoms with Crippen molar-refractivity contribution in [3.05, 3.63) is 35.6 Å². The molecule has 4 nitrogen and oxygen atoms in total. The van der Waals surface area contributed by atoms with Gasteiger partial charge in [-0.25, -0.2) is 4.39 Å². The predicted octanol–water partition coefficient (Wildman–Crippen LogP) is 2.42. The van der Waals surface area contributed by atoms with E-state index in [1.807, 2.05) is 13.0 Å². The molecule has 1 heterocycles. The van der Waals surface area contributed by atoms with Gasteiger partial charge in [0.2, 0.25) is 5.91 Å². The van der Waals surface area contributed by atoms with Crippen LogP contribution in [0.4, 0.5) is 4.39 Å². The monoisotopic (exact) mass is 321 g/mol. The fourth-order valence-electron chi connectivity index (χ4n) is 3.05. The van der Waals surface area contributed by atoms with Gasteiger partial charge in [-0.05, 0) is 38.0 Å². The molecule has 2 rings (SSSR count). The Hall–Kier alpha value is -1.46. The first-order valence-electron chi connectivity index (χ1n) is 8.54. The van der Waals surface area contributed by atoms with Gasteiger partial charge in [0.05, 0.1) is 6.04 Å². The maximum absolute atomic E-state index is 13.4. The van der Waals surface area contributed by atoms with Gasteiger partial charge >= 0.3 is 0 Å². The van der Waals surface area contributed by atoms with Crippen LogP contribution in [0.15, 0.2) is 24.3 Å². The maximum atomic E-state index is 13.4. The Balaban J connectivity index is 1.87. The Bertz CT molecular complexity index is 515. The molecule has 1 aliphatic heterocycles. The largest absolute Gasteiger partial charge is 0.355 e. The minimum Gasteiger partial charge on any atom is -0.355 e. The van der Waals surface area contributed by atoms with Crippen LogP contribution in [0, 0.1) is 5.82 Å². The predicted molar refractivity (Wildman–Crippen MR) is 90.7 cm³/mol. The van der Waals surface area contributed by atoms with Crippen LogP contribution in [0.3, 0.4) is 0 Å². The minimum absolute atomic E-state index is 0.0897. The lowest BCUT2D eigenvalue weighted by molar-refractivity contribution is -0.126. The molecule has 1 aromatic carbocycles. The third kappa shape index (κ3) is 4.75. The topological polar surface area (TPSA) is 35.6 Å². The minimum atomic E-state index is -0.186. The summed E-state index contributed by atoms with van der Waals surface area (Å²) in [5, 5.41) is 2.96. The Morgan fingerprint density at radius 1 is 1.22 bits per heavy atom. The summed E-state index contributed by atoms with van der Waals surface area (Å²) in [6.07, 6.45) is 0.956. The van der Waals surface area contributed by atoms with E-state index in [1.54, 1.807) is 12.1 Å². The van der Waals surface area contributed by atoms with Crippen LogP contribution in [0.1, 0.15) is 38.8 Å². The van der Waals surface area contributed by atoms with Gasteiger partial charge in [-0.3, -0.25) is 14.6 Å². The first-order valence-corrected chi connectivity index (χ1v) is 8.54. The van der Waals surface area contributed by atoms with Crippen molar-refractivity contribution in [1.82, 2.24) is 15.1 Å². The molecule has 0 bridgehead atoms. The standard InChI is InChI=1S/C18H28FN3O/c1-4-8-20-18(23)15(3)22-11-9-21(10-12-22)14(2)16-6-5-7-17(19)13-16/h5-7,13-15H,4,8-12H2,1-3H3,(H,20,23)/t14-,15-/m0/s1. The molecule has 0 spiro atoms. The van der Waals surface area contributed by atoms with E-state index in [0.29, 0.717) is 0 Å². The molecule has 1 aliphatic rings. The van der Waals surface area contributed by atoms with Crippen molar-refractivity contribution in [3.63, 3.8) is 0 Å². The Morgan fingerprint density at radius 3 is 2.48 bits per heavy atom. The number of carbonyl (C=O) groups excluding carboxylic acids is 1. The average Bonchev–Trinajstić information content (AvgIpc) is 2.58. The maximum Gasteiger partial charge on any atom is 0.237 e. The molecule has 0 unspecified atom stereocenters. The highest BCUT2D eigenvalue weighted by atomic mass is 19.1. The first-order chi connectivity index (χ1) is 11.0. The number of hydrogen-bond acceptors (Lipinski definition) is 3. The summed E-state index contributed by atoms with van der Waals surface area (Å²) in [6.45, 7) is 10.4. The van der Waals surface area contributed by atoms with Crippen molar-refractivity contribution in [2.75, 3.05) is 32.7 Å². The number of hydrogen-bond donors (Lipinski definition) is 1. The molecule has 0 aromatic heterocycles. The van der Waals surface area contributed by atoms with Crippen LogP contribution in [0.2, 0.25) is 0 Å². The molecule has 0 radical (unpaired) electrons. The molecule has 23 heavy (non-hydrogen) atoms. The van der Waals surface area contributed by atoms with E-state index in [1.165, 1.54) is 6.07 Å². The van der Waals surface area contributed by atoms with Gasteiger partial charge in [0, 0.05) is 38.8 Å². The molecule has 1 N–H and O–H groups in total. The second kappa shape index (κ2) is 8.41. The van der Waals surface area contributed by atoms with Crippen molar-refractivity contribution in [2.24, 2.45) is 0 Å². The second-order valence-electron chi connectivity index (χ2n) is 6.27. The number of amides is 1. The van der Waals surface area contributed by atoms with Crippen molar-refractivity contribution in [1.29, 1.82) is 0 Å². The second-order valence-corrected chi connectivity index (χ2v) is 6.27. The fourth-order valence-corrected chi connectivity index (χ4v) is 3.05. The van der Waals surface area contributed by atoms with Crippen molar-refractivity contribution >= 4 is 5.91 Å². The van der Waals surface area contributed by atoms with Crippen LogP contribution < -0.4 is 5.32 Å². The summed E-state index contributed by atoms with van der Waals surface area (Å²) in [6, 6.07) is 6.92. The molecule has 128 valence electrons. The highest BCUT2D eigenvalue weighted by Gasteiger charge is 2.27. The van der Waals surface area contributed by atoms with Crippen molar-refractivity contribution in [3.8, 4) is 0 Å². The molecule has 1 aromatic rings. The summed E-state index contributed by atoms with van der Waals surface area (Å²) >= 11 is 0. The van der Waals surface area contributed by atoms with Crippen LogP contribution in [-0.4, -0.2) is 54.5 Å². The highest BCUT2D eigenvalue weighted by molar-refractivity contribution is 5.81. The van der Waals surface area contributed by atoms with Gasteiger partial charge in [-0.2, -0.15) is 0 Å². The van der Waals surface area contributed by atoms with Crippen LogP contribution in [0.25, 0.3) is 0 Å². The molecular weight excluding hydrogens is 293 g/mol. The van der Waals surface area contributed by atoms with E-state index in [2.05, 4.69) is 29.0 Å². The fraction of sp³-hybridized carbons (Fsp3) is 0.611. The summed E-state index contributed by atoms with van der Waals surface area (Å²) in [5.74, 6) is -0.0762. The number of nitrogens with zero attached hydrogens (tertiary/aromatic N) is 2. The SMILES string of the molecule is CCCNC(=O)[C@H](C)N1CCN([C@@H](C)c2cccc(F)c2)CC1. The zero-order valence-corrected chi connectivity index (χ0v) is 14.4. The number of benzene rings is 1. The van der Waals surface area contributed by atoms with Gasteiger partial charge < -0.3 is 5.32 Å². The first kappa shape index (κ1) is 17.9. The smallest absolute Gasteiger partial charge is 0.237 e. The zero-order valence-electron chi connectivity index (χ0n) is 14.4. The number of halogens is 1. The lowest BCUT2D eigenvalue weighted by atomic mass is 10.1. The molecular formula is C18H28FN3O. The zero-order chi connectivity index (χ0) is 16.8. The van der Waals surface area contributed by atoms with E-state index in [0.717, 1.165) is 44.7 Å². The summed E-state index contributed by atoms with van der Waals surface area (Å²) in [5.41, 5.74) is 1.01. The normalized spacial score (nSPS) is 19.3. The van der Waals surface area contributed by atoms with Gasteiger partial charge in [-0.1, -0.05) is 19.1 Å². The molecule has 0 aliphatic carbocycles. The quantitative estimate of drug-likeness (QED) is 0.874. The lowest BCUT2D eigenvalue weighted by Crippen LogP contribution is -2.54. The number of nitrogens with one attached hydrogen (secondary N) is 1. The molecule has 1 fully saturated rings. The number of piperazine rings is 1. The number of carbonyl (C=O) groups is 1. The van der Waals surface area contributed by atoms with Crippen LogP contribution >= 0.6 is 0 Å². The average molecular weight is 321 g/mol. The van der Waals surface area contributed by atoms with E-state index in [-0.39, 0.29) is 23.8 Å².